The monoisotopic (exact) mass is 416 g/mol. The maximum Gasteiger partial charge on any atom is 0.342 e. The summed E-state index contributed by atoms with van der Waals surface area (Å²) in [5, 5.41) is 20.1. The highest BCUT2D eigenvalue weighted by Crippen LogP contribution is 2.33. The van der Waals surface area contributed by atoms with E-state index in [-0.39, 0.29) is 29.6 Å². The fraction of sp³-hybridized carbons (Fsp3) is 0.478. The number of phenolic OH excluding ortho intramolecular Hbond substituents is 1. The molecule has 1 fully saturated rings. The molecule has 7 heteroatoms. The van der Waals surface area contributed by atoms with Gasteiger partial charge in [-0.25, -0.2) is 4.79 Å². The van der Waals surface area contributed by atoms with E-state index in [1.54, 1.807) is 45.1 Å². The zero-order valence-corrected chi connectivity index (χ0v) is 17.6. The van der Waals surface area contributed by atoms with Gasteiger partial charge in [-0.3, -0.25) is 4.79 Å². The summed E-state index contributed by atoms with van der Waals surface area (Å²) < 4.78 is 17.3. The summed E-state index contributed by atoms with van der Waals surface area (Å²) in [6, 6.07) is 2.91. The number of phenols is 1. The Hall–Kier alpha value is -2.48. The van der Waals surface area contributed by atoms with Gasteiger partial charge >= 0.3 is 5.97 Å². The van der Waals surface area contributed by atoms with E-state index in [4.69, 9.17) is 14.2 Å². The molecule has 1 aromatic rings. The van der Waals surface area contributed by atoms with Crippen molar-refractivity contribution < 1.29 is 34.0 Å². The van der Waals surface area contributed by atoms with E-state index in [1.165, 1.54) is 12.1 Å². The maximum absolute atomic E-state index is 12.8. The predicted octanol–water partition coefficient (Wildman–Crippen LogP) is 3.13. The van der Waals surface area contributed by atoms with E-state index in [1.807, 2.05) is 6.92 Å². The highest BCUT2D eigenvalue weighted by molar-refractivity contribution is 5.97. The van der Waals surface area contributed by atoms with Gasteiger partial charge in [-0.1, -0.05) is 31.2 Å². The molecule has 0 radical (unpaired) electrons. The fourth-order valence-electron chi connectivity index (χ4n) is 3.60. The molecule has 0 saturated carbocycles. The van der Waals surface area contributed by atoms with Crippen molar-refractivity contribution in [1.29, 1.82) is 0 Å². The summed E-state index contributed by atoms with van der Waals surface area (Å²) in [5.74, 6) is -2.29. The van der Waals surface area contributed by atoms with E-state index in [0.29, 0.717) is 17.5 Å². The molecule has 1 saturated heterocycles. The normalized spacial score (nSPS) is 31.2. The summed E-state index contributed by atoms with van der Waals surface area (Å²) >= 11 is 0. The molecule has 30 heavy (non-hydrogen) atoms. The minimum absolute atomic E-state index is 0.00515. The van der Waals surface area contributed by atoms with Gasteiger partial charge in [0.2, 0.25) is 0 Å². The van der Waals surface area contributed by atoms with Crippen LogP contribution in [-0.4, -0.2) is 46.1 Å². The largest absolute Gasteiger partial charge is 0.507 e. The number of hydrogen-bond donors (Lipinski definition) is 2. The van der Waals surface area contributed by atoms with Crippen molar-refractivity contribution in [2.24, 2.45) is 5.92 Å². The van der Waals surface area contributed by atoms with Crippen LogP contribution in [0.4, 0.5) is 0 Å². The molecule has 1 aromatic carbocycles. The zero-order chi connectivity index (χ0) is 22.1. The lowest BCUT2D eigenvalue weighted by molar-refractivity contribution is -0.152. The Morgan fingerprint density at radius 3 is 2.57 bits per heavy atom. The van der Waals surface area contributed by atoms with Crippen molar-refractivity contribution >= 4 is 17.8 Å². The van der Waals surface area contributed by atoms with Gasteiger partial charge in [-0.15, -0.1) is 0 Å². The number of hydrogen-bond acceptors (Lipinski definition) is 7. The number of carbonyl (C=O) groups excluding carboxylic acids is 2. The standard InChI is InChI=1S/C23H28O7/c1-13-8-10-18(26)21-19(29-23(3,4)30-21)7-5-6-16-15(12-24)9-11-17(25)20(16)22(27)28-14(13)2/h5-6,8-11,13-14,19,21,24-25H,7,12H2,1-4H3/b6-5+,10-8-/t13-,14+,19+,21-/m1/s1. The summed E-state index contributed by atoms with van der Waals surface area (Å²) in [6.45, 7) is 6.73. The van der Waals surface area contributed by atoms with Crippen LogP contribution in [-0.2, 0) is 25.6 Å². The minimum atomic E-state index is -0.898. The predicted molar refractivity (Wildman–Crippen MR) is 110 cm³/mol. The van der Waals surface area contributed by atoms with E-state index in [9.17, 15) is 19.8 Å². The van der Waals surface area contributed by atoms with Gasteiger partial charge in [0.05, 0.1) is 12.7 Å². The molecular weight excluding hydrogens is 388 g/mol. The van der Waals surface area contributed by atoms with Gasteiger partial charge in [0.15, 0.2) is 11.6 Å². The molecule has 2 N–H and O–H groups in total. The van der Waals surface area contributed by atoms with Crippen LogP contribution >= 0.6 is 0 Å². The lowest BCUT2D eigenvalue weighted by atomic mass is 9.97. The van der Waals surface area contributed by atoms with Crippen molar-refractivity contribution in [3.63, 3.8) is 0 Å². The third kappa shape index (κ3) is 4.64. The van der Waals surface area contributed by atoms with Crippen molar-refractivity contribution in [3.8, 4) is 5.75 Å². The number of aliphatic hydroxyl groups excluding tert-OH is 1. The van der Waals surface area contributed by atoms with Gasteiger partial charge in [0.25, 0.3) is 0 Å². The van der Waals surface area contributed by atoms with Gasteiger partial charge < -0.3 is 24.4 Å². The molecule has 7 nitrogen and oxygen atoms in total. The lowest BCUT2D eigenvalue weighted by Crippen LogP contribution is -2.30. The first kappa shape index (κ1) is 22.2. The summed E-state index contributed by atoms with van der Waals surface area (Å²) in [5.41, 5.74) is 0.839. The molecule has 3 rings (SSSR count). The Morgan fingerprint density at radius 1 is 1.13 bits per heavy atom. The second-order valence-corrected chi connectivity index (χ2v) is 8.15. The van der Waals surface area contributed by atoms with Gasteiger partial charge in [0, 0.05) is 5.92 Å². The van der Waals surface area contributed by atoms with Crippen molar-refractivity contribution in [2.45, 2.75) is 64.8 Å². The summed E-state index contributed by atoms with van der Waals surface area (Å²) in [7, 11) is 0. The van der Waals surface area contributed by atoms with Crippen LogP contribution in [0.25, 0.3) is 6.08 Å². The minimum Gasteiger partial charge on any atom is -0.507 e. The summed E-state index contributed by atoms with van der Waals surface area (Å²) in [6.07, 6.45) is 5.03. The third-order valence-electron chi connectivity index (χ3n) is 5.40. The summed E-state index contributed by atoms with van der Waals surface area (Å²) in [4.78, 5) is 25.5. The second kappa shape index (κ2) is 8.71. The number of esters is 1. The number of carbonyl (C=O) groups is 2. The van der Waals surface area contributed by atoms with E-state index in [0.717, 1.165) is 0 Å². The first-order chi connectivity index (χ1) is 14.1. The Kier molecular flexibility index (Phi) is 6.45. The lowest BCUT2D eigenvalue weighted by Gasteiger charge is -2.20. The maximum atomic E-state index is 12.8. The van der Waals surface area contributed by atoms with E-state index in [2.05, 4.69) is 0 Å². The van der Waals surface area contributed by atoms with Crippen molar-refractivity contribution in [1.82, 2.24) is 0 Å². The molecule has 2 aliphatic heterocycles. The molecule has 0 aliphatic carbocycles. The van der Waals surface area contributed by atoms with Crippen LogP contribution < -0.4 is 0 Å². The average Bonchev–Trinajstić information content (AvgIpc) is 2.99. The number of cyclic esters (lactones) is 1. The average molecular weight is 416 g/mol. The van der Waals surface area contributed by atoms with Crippen LogP contribution in [0.15, 0.2) is 30.4 Å². The number of rotatable bonds is 1. The topological polar surface area (TPSA) is 102 Å². The van der Waals surface area contributed by atoms with Crippen molar-refractivity contribution in [3.05, 3.63) is 47.1 Å². The molecule has 0 bridgehead atoms. The Labute approximate surface area is 175 Å². The molecule has 0 spiro atoms. The molecule has 0 aromatic heterocycles. The zero-order valence-electron chi connectivity index (χ0n) is 17.6. The Bertz CT molecular complexity index is 884. The number of fused-ring (bicyclic) bond motifs is 2. The van der Waals surface area contributed by atoms with Crippen LogP contribution in [0.3, 0.4) is 0 Å². The molecule has 0 unspecified atom stereocenters. The molecule has 2 heterocycles. The number of ketones is 1. The van der Waals surface area contributed by atoms with Crippen molar-refractivity contribution in [2.75, 3.05) is 0 Å². The van der Waals surface area contributed by atoms with E-state index < -0.39 is 30.1 Å². The van der Waals surface area contributed by atoms with Crippen LogP contribution in [0.5, 0.6) is 5.75 Å². The SMILES string of the molecule is C[C@@H]1/C=C\C(=O)[C@H]2OC(C)(C)O[C@H]2C/C=C/c2c(CO)ccc(O)c2C(=O)O[C@H]1C. The molecular formula is C23H28O7. The van der Waals surface area contributed by atoms with Gasteiger partial charge in [-0.2, -0.15) is 0 Å². The third-order valence-corrected chi connectivity index (χ3v) is 5.40. The fourth-order valence-corrected chi connectivity index (χ4v) is 3.60. The van der Waals surface area contributed by atoms with Crippen LogP contribution in [0, 0.1) is 5.92 Å². The molecule has 4 atom stereocenters. The van der Waals surface area contributed by atoms with Crippen LogP contribution in [0.1, 0.15) is 55.6 Å². The number of ether oxygens (including phenoxy) is 3. The first-order valence-electron chi connectivity index (χ1n) is 10.0. The Morgan fingerprint density at radius 2 is 1.87 bits per heavy atom. The smallest absolute Gasteiger partial charge is 0.342 e. The number of benzene rings is 1. The first-order valence-corrected chi connectivity index (χ1v) is 10.0. The van der Waals surface area contributed by atoms with Crippen LogP contribution in [0.2, 0.25) is 0 Å². The second-order valence-electron chi connectivity index (χ2n) is 8.15. The van der Waals surface area contributed by atoms with Gasteiger partial charge in [-0.05, 0) is 50.5 Å². The highest BCUT2D eigenvalue weighted by atomic mass is 16.8. The molecule has 0 amide bonds. The Balaban J connectivity index is 2.07. The highest BCUT2D eigenvalue weighted by Gasteiger charge is 2.43. The number of aromatic hydroxyl groups is 1. The van der Waals surface area contributed by atoms with Gasteiger partial charge in [0.1, 0.15) is 23.5 Å². The quantitative estimate of drug-likeness (QED) is 0.678. The van der Waals surface area contributed by atoms with E-state index >= 15 is 0 Å². The number of aliphatic hydroxyl groups is 1. The molecule has 2 aliphatic rings. The molecule has 162 valence electrons.